The van der Waals surface area contributed by atoms with Gasteiger partial charge in [-0.2, -0.15) is 0 Å². The van der Waals surface area contributed by atoms with Gasteiger partial charge in [0.25, 0.3) is 0 Å². The van der Waals surface area contributed by atoms with Crippen LogP contribution in [-0.4, -0.2) is 10.3 Å². The highest BCUT2D eigenvalue weighted by Gasteiger charge is 2.10. The molecule has 2 aromatic heterocycles. The molecule has 0 fully saturated rings. The molecule has 0 spiro atoms. The maximum absolute atomic E-state index is 5.80. The van der Waals surface area contributed by atoms with Gasteiger partial charge >= 0.3 is 0 Å². The van der Waals surface area contributed by atoms with E-state index in [0.717, 1.165) is 12.2 Å². The molecule has 6 heteroatoms. The van der Waals surface area contributed by atoms with Crippen LogP contribution in [0.15, 0.2) is 28.2 Å². The number of nitrogens with zero attached hydrogens (tertiary/aromatic N) is 2. The minimum atomic E-state index is 0.573. The SMILES string of the molecule is Cc1ccsc1CNc1ccc(N)c2nonc12. The first-order chi connectivity index (χ1) is 8.75. The van der Waals surface area contributed by atoms with E-state index in [-0.39, 0.29) is 0 Å². The molecule has 0 aliphatic heterocycles. The predicted molar refractivity (Wildman–Crippen MR) is 72.6 cm³/mol. The van der Waals surface area contributed by atoms with Crippen LogP contribution in [0.3, 0.4) is 0 Å². The summed E-state index contributed by atoms with van der Waals surface area (Å²) in [5.41, 5.74) is 9.81. The standard InChI is InChI=1S/C12H12N4OS/c1-7-4-5-18-10(7)6-14-9-3-2-8(13)11-12(9)16-17-15-11/h2-5,14H,6,13H2,1H3. The average molecular weight is 260 g/mol. The molecule has 0 saturated heterocycles. The Morgan fingerprint density at radius 2 is 2.11 bits per heavy atom. The summed E-state index contributed by atoms with van der Waals surface area (Å²) in [4.78, 5) is 1.30. The fraction of sp³-hybridized carbons (Fsp3) is 0.167. The molecule has 0 saturated carbocycles. The molecule has 3 rings (SSSR count). The third kappa shape index (κ3) is 1.80. The second kappa shape index (κ2) is 4.30. The van der Waals surface area contributed by atoms with Crippen molar-refractivity contribution in [2.45, 2.75) is 13.5 Å². The molecular formula is C12H12N4OS. The van der Waals surface area contributed by atoms with Gasteiger partial charge in [-0.25, -0.2) is 4.63 Å². The van der Waals surface area contributed by atoms with Gasteiger partial charge in [-0.1, -0.05) is 0 Å². The summed E-state index contributed by atoms with van der Waals surface area (Å²) in [5.74, 6) is 0. The van der Waals surface area contributed by atoms with Gasteiger partial charge in [0, 0.05) is 11.4 Å². The largest absolute Gasteiger partial charge is 0.397 e. The zero-order valence-corrected chi connectivity index (χ0v) is 10.6. The van der Waals surface area contributed by atoms with Crippen LogP contribution in [0.25, 0.3) is 11.0 Å². The van der Waals surface area contributed by atoms with Crippen molar-refractivity contribution in [1.82, 2.24) is 10.3 Å². The molecule has 1 aromatic carbocycles. The molecule has 0 aliphatic rings. The number of nitrogens with one attached hydrogen (secondary N) is 1. The van der Waals surface area contributed by atoms with Crippen molar-refractivity contribution in [3.8, 4) is 0 Å². The number of rotatable bonds is 3. The Kier molecular flexibility index (Phi) is 2.64. The van der Waals surface area contributed by atoms with Gasteiger partial charge in [-0.05, 0) is 46.4 Å². The zero-order valence-electron chi connectivity index (χ0n) is 9.80. The monoisotopic (exact) mass is 260 g/mol. The number of hydrogen-bond acceptors (Lipinski definition) is 6. The molecule has 0 bridgehead atoms. The van der Waals surface area contributed by atoms with Crippen LogP contribution in [0.2, 0.25) is 0 Å². The topological polar surface area (TPSA) is 77.0 Å². The van der Waals surface area contributed by atoms with Crippen molar-refractivity contribution in [2.75, 3.05) is 11.1 Å². The summed E-state index contributed by atoms with van der Waals surface area (Å²) in [6.07, 6.45) is 0. The van der Waals surface area contributed by atoms with Crippen molar-refractivity contribution in [1.29, 1.82) is 0 Å². The van der Waals surface area contributed by atoms with E-state index in [1.54, 1.807) is 17.4 Å². The molecule has 92 valence electrons. The Balaban J connectivity index is 1.89. The van der Waals surface area contributed by atoms with Crippen LogP contribution in [0, 0.1) is 6.92 Å². The third-order valence-electron chi connectivity index (χ3n) is 2.85. The number of nitrogen functional groups attached to an aromatic ring is 1. The lowest BCUT2D eigenvalue weighted by atomic mass is 10.2. The summed E-state index contributed by atoms with van der Waals surface area (Å²) in [6.45, 7) is 2.86. The number of benzene rings is 1. The first-order valence-corrected chi connectivity index (χ1v) is 6.41. The fourth-order valence-electron chi connectivity index (χ4n) is 1.79. The number of nitrogens with two attached hydrogens (primary N) is 1. The summed E-state index contributed by atoms with van der Waals surface area (Å²) in [7, 11) is 0. The molecule has 18 heavy (non-hydrogen) atoms. The summed E-state index contributed by atoms with van der Waals surface area (Å²) >= 11 is 1.73. The molecule has 0 unspecified atom stereocenters. The minimum absolute atomic E-state index is 0.573. The molecule has 2 heterocycles. The third-order valence-corrected chi connectivity index (χ3v) is 3.88. The van der Waals surface area contributed by atoms with Gasteiger partial charge < -0.3 is 11.1 Å². The predicted octanol–water partition coefficient (Wildman–Crippen LogP) is 2.79. The highest BCUT2D eigenvalue weighted by molar-refractivity contribution is 7.10. The quantitative estimate of drug-likeness (QED) is 0.708. The van der Waals surface area contributed by atoms with E-state index in [4.69, 9.17) is 10.4 Å². The second-order valence-electron chi connectivity index (χ2n) is 4.04. The average Bonchev–Trinajstić information content (AvgIpc) is 2.98. The Labute approximate surface area is 108 Å². The Morgan fingerprint density at radius 3 is 2.89 bits per heavy atom. The van der Waals surface area contributed by atoms with Crippen LogP contribution in [0.1, 0.15) is 10.4 Å². The molecule has 0 amide bonds. The molecule has 0 aliphatic carbocycles. The molecule has 3 N–H and O–H groups in total. The number of aromatic nitrogens is 2. The van der Waals surface area contributed by atoms with Gasteiger partial charge in [0.1, 0.15) is 0 Å². The highest BCUT2D eigenvalue weighted by Crippen LogP contribution is 2.26. The van der Waals surface area contributed by atoms with E-state index in [1.165, 1.54) is 10.4 Å². The first kappa shape index (κ1) is 11.0. The highest BCUT2D eigenvalue weighted by atomic mass is 32.1. The number of aryl methyl sites for hydroxylation is 1. The van der Waals surface area contributed by atoms with Crippen molar-refractivity contribution >= 4 is 33.7 Å². The van der Waals surface area contributed by atoms with Crippen LogP contribution in [0.4, 0.5) is 11.4 Å². The molecule has 0 atom stereocenters. The zero-order chi connectivity index (χ0) is 12.5. The van der Waals surface area contributed by atoms with Crippen molar-refractivity contribution in [3.05, 3.63) is 34.0 Å². The lowest BCUT2D eigenvalue weighted by Crippen LogP contribution is -2.00. The van der Waals surface area contributed by atoms with E-state index in [0.29, 0.717) is 16.7 Å². The van der Waals surface area contributed by atoms with E-state index in [2.05, 4.69) is 34.0 Å². The fourth-order valence-corrected chi connectivity index (χ4v) is 2.63. The minimum Gasteiger partial charge on any atom is -0.397 e. The summed E-state index contributed by atoms with van der Waals surface area (Å²) < 4.78 is 4.73. The van der Waals surface area contributed by atoms with Crippen LogP contribution >= 0.6 is 11.3 Å². The van der Waals surface area contributed by atoms with Crippen molar-refractivity contribution in [2.24, 2.45) is 0 Å². The summed E-state index contributed by atoms with van der Waals surface area (Å²) in [6, 6.07) is 5.80. The van der Waals surface area contributed by atoms with Gasteiger partial charge in [0.05, 0.1) is 11.4 Å². The second-order valence-corrected chi connectivity index (χ2v) is 5.04. The molecular weight excluding hydrogens is 248 g/mol. The van der Waals surface area contributed by atoms with Crippen molar-refractivity contribution < 1.29 is 4.63 Å². The Bertz CT molecular complexity index is 688. The van der Waals surface area contributed by atoms with E-state index in [1.807, 2.05) is 6.07 Å². The molecule has 0 radical (unpaired) electrons. The number of anilines is 2. The van der Waals surface area contributed by atoms with Crippen LogP contribution in [0.5, 0.6) is 0 Å². The van der Waals surface area contributed by atoms with Gasteiger partial charge in [0.15, 0.2) is 11.0 Å². The molecule has 5 nitrogen and oxygen atoms in total. The lowest BCUT2D eigenvalue weighted by Gasteiger charge is -2.06. The van der Waals surface area contributed by atoms with Crippen molar-refractivity contribution in [3.63, 3.8) is 0 Å². The number of thiophene rings is 1. The number of fused-ring (bicyclic) bond motifs is 1. The van der Waals surface area contributed by atoms with Crippen LogP contribution in [-0.2, 0) is 6.54 Å². The van der Waals surface area contributed by atoms with Crippen LogP contribution < -0.4 is 11.1 Å². The smallest absolute Gasteiger partial charge is 0.160 e. The maximum atomic E-state index is 5.80. The van der Waals surface area contributed by atoms with Gasteiger partial charge in [-0.15, -0.1) is 11.3 Å². The Morgan fingerprint density at radius 1 is 1.28 bits per heavy atom. The van der Waals surface area contributed by atoms with Gasteiger partial charge in [-0.3, -0.25) is 0 Å². The summed E-state index contributed by atoms with van der Waals surface area (Å²) in [5, 5.41) is 13.1. The Hall–Kier alpha value is -2.08. The van der Waals surface area contributed by atoms with Gasteiger partial charge in [0.2, 0.25) is 0 Å². The molecule has 3 aromatic rings. The lowest BCUT2D eigenvalue weighted by molar-refractivity contribution is 0.316. The first-order valence-electron chi connectivity index (χ1n) is 5.53. The maximum Gasteiger partial charge on any atom is 0.160 e. The number of hydrogen-bond donors (Lipinski definition) is 2. The normalized spacial score (nSPS) is 10.9. The van der Waals surface area contributed by atoms with E-state index in [9.17, 15) is 0 Å². The van der Waals surface area contributed by atoms with E-state index < -0.39 is 0 Å². The van der Waals surface area contributed by atoms with E-state index >= 15 is 0 Å².